The molecule has 0 bridgehead atoms. The topological polar surface area (TPSA) is 66.5 Å². The molecule has 0 saturated heterocycles. The summed E-state index contributed by atoms with van der Waals surface area (Å²) in [4.78, 5) is 0. The minimum atomic E-state index is -0.239. The molecule has 1 fully saturated rings. The molecule has 3 nitrogen and oxygen atoms in total. The van der Waals surface area contributed by atoms with Gasteiger partial charge < -0.3 is 15.9 Å². The van der Waals surface area contributed by atoms with Crippen molar-refractivity contribution >= 4 is 0 Å². The van der Waals surface area contributed by atoms with E-state index in [-0.39, 0.29) is 24.7 Å². The van der Waals surface area contributed by atoms with Crippen LogP contribution >= 0.6 is 0 Å². The first kappa shape index (κ1) is 7.98. The van der Waals surface area contributed by atoms with Crippen LogP contribution in [0.2, 0.25) is 0 Å². The van der Waals surface area contributed by atoms with Crippen molar-refractivity contribution in [2.45, 2.75) is 31.4 Å². The number of nitrogens with two attached hydrogens (primary N) is 1. The van der Waals surface area contributed by atoms with Gasteiger partial charge in [-0.25, -0.2) is 0 Å². The van der Waals surface area contributed by atoms with E-state index in [2.05, 4.69) is 0 Å². The van der Waals surface area contributed by atoms with Crippen molar-refractivity contribution in [3.63, 3.8) is 0 Å². The first-order valence-corrected chi connectivity index (χ1v) is 3.78. The maximum atomic E-state index is 9.16. The Labute approximate surface area is 60.9 Å². The van der Waals surface area contributed by atoms with Crippen molar-refractivity contribution in [1.82, 2.24) is 0 Å². The molecule has 1 saturated carbocycles. The van der Waals surface area contributed by atoms with Crippen LogP contribution in [0.25, 0.3) is 0 Å². The summed E-state index contributed by atoms with van der Waals surface area (Å²) in [5.41, 5.74) is 5.68. The van der Waals surface area contributed by atoms with Gasteiger partial charge >= 0.3 is 0 Å². The van der Waals surface area contributed by atoms with Gasteiger partial charge in [0.1, 0.15) is 0 Å². The summed E-state index contributed by atoms with van der Waals surface area (Å²) in [7, 11) is 0. The van der Waals surface area contributed by atoms with E-state index in [1.165, 1.54) is 0 Å². The zero-order valence-corrected chi connectivity index (χ0v) is 6.03. The molecule has 0 heterocycles. The Morgan fingerprint density at radius 3 is 2.60 bits per heavy atom. The van der Waals surface area contributed by atoms with E-state index in [0.717, 1.165) is 12.8 Å². The van der Waals surface area contributed by atoms with E-state index in [1.807, 2.05) is 0 Å². The highest BCUT2D eigenvalue weighted by atomic mass is 16.3. The predicted octanol–water partition coefficient (Wildman–Crippen LogP) is -0.533. The first-order valence-electron chi connectivity index (χ1n) is 3.78. The highest BCUT2D eigenvalue weighted by Crippen LogP contribution is 2.22. The molecule has 0 radical (unpaired) electrons. The molecule has 3 heteroatoms. The third kappa shape index (κ3) is 1.68. The van der Waals surface area contributed by atoms with Gasteiger partial charge in [-0.05, 0) is 25.2 Å². The van der Waals surface area contributed by atoms with Gasteiger partial charge in [0.15, 0.2) is 0 Å². The first-order chi connectivity index (χ1) is 4.74. The van der Waals surface area contributed by atoms with Crippen LogP contribution in [0.5, 0.6) is 0 Å². The van der Waals surface area contributed by atoms with E-state index in [9.17, 15) is 0 Å². The molecular weight excluding hydrogens is 130 g/mol. The molecule has 0 aromatic rings. The van der Waals surface area contributed by atoms with Crippen LogP contribution in [-0.4, -0.2) is 29.0 Å². The van der Waals surface area contributed by atoms with Gasteiger partial charge in [-0.15, -0.1) is 0 Å². The normalized spacial score (nSPS) is 41.7. The zero-order chi connectivity index (χ0) is 7.56. The Morgan fingerprint density at radius 1 is 1.40 bits per heavy atom. The van der Waals surface area contributed by atoms with Crippen molar-refractivity contribution in [2.24, 2.45) is 11.7 Å². The van der Waals surface area contributed by atoms with Gasteiger partial charge in [0.2, 0.25) is 0 Å². The van der Waals surface area contributed by atoms with Gasteiger partial charge in [-0.3, -0.25) is 0 Å². The van der Waals surface area contributed by atoms with Crippen molar-refractivity contribution in [2.75, 3.05) is 6.61 Å². The van der Waals surface area contributed by atoms with E-state index >= 15 is 0 Å². The number of rotatable bonds is 1. The second-order valence-electron chi connectivity index (χ2n) is 3.07. The van der Waals surface area contributed by atoms with Gasteiger partial charge in [0.05, 0.1) is 6.10 Å². The fraction of sp³-hybridized carbons (Fsp3) is 1.00. The molecule has 1 aliphatic rings. The molecule has 0 amide bonds. The molecular formula is C7H15NO2. The Bertz CT molecular complexity index is 108. The monoisotopic (exact) mass is 145 g/mol. The number of aliphatic hydroxyl groups is 2. The molecule has 10 heavy (non-hydrogen) atoms. The van der Waals surface area contributed by atoms with Crippen LogP contribution in [0.3, 0.4) is 0 Å². The average molecular weight is 145 g/mol. The van der Waals surface area contributed by atoms with Crippen LogP contribution < -0.4 is 5.73 Å². The standard InChI is InChI=1S/C7H15NO2/c8-7-2-1-6(10)3-5(7)4-9/h5-7,9-10H,1-4,8H2/t5-,6+,7-/m0/s1. The second-order valence-corrected chi connectivity index (χ2v) is 3.07. The lowest BCUT2D eigenvalue weighted by Gasteiger charge is -2.30. The van der Waals surface area contributed by atoms with Crippen LogP contribution in [0.15, 0.2) is 0 Å². The number of hydrogen-bond donors (Lipinski definition) is 3. The summed E-state index contributed by atoms with van der Waals surface area (Å²) in [6.45, 7) is 0.109. The quantitative estimate of drug-likeness (QED) is 0.464. The number of aliphatic hydroxyl groups excluding tert-OH is 2. The van der Waals surface area contributed by atoms with Crippen LogP contribution in [-0.2, 0) is 0 Å². The molecule has 0 unspecified atom stereocenters. The molecule has 0 aliphatic heterocycles. The van der Waals surface area contributed by atoms with Gasteiger partial charge in [0, 0.05) is 12.6 Å². The smallest absolute Gasteiger partial charge is 0.0545 e. The molecule has 1 rings (SSSR count). The van der Waals surface area contributed by atoms with Gasteiger partial charge in [-0.2, -0.15) is 0 Å². The summed E-state index contributed by atoms with van der Waals surface area (Å²) < 4.78 is 0. The fourth-order valence-electron chi connectivity index (χ4n) is 1.47. The Morgan fingerprint density at radius 2 is 2.10 bits per heavy atom. The minimum absolute atomic E-state index is 0.0911. The number of hydrogen-bond acceptors (Lipinski definition) is 3. The van der Waals surface area contributed by atoms with Crippen molar-refractivity contribution < 1.29 is 10.2 Å². The average Bonchev–Trinajstić information content (AvgIpc) is 1.94. The molecule has 0 aromatic carbocycles. The summed E-state index contributed by atoms with van der Waals surface area (Å²) >= 11 is 0. The van der Waals surface area contributed by atoms with Crippen LogP contribution in [0.4, 0.5) is 0 Å². The molecule has 4 N–H and O–H groups in total. The van der Waals surface area contributed by atoms with Gasteiger partial charge in [-0.1, -0.05) is 0 Å². The maximum absolute atomic E-state index is 9.16. The summed E-state index contributed by atoms with van der Waals surface area (Å²) in [5, 5.41) is 17.9. The molecule has 3 atom stereocenters. The van der Waals surface area contributed by atoms with E-state index < -0.39 is 0 Å². The van der Waals surface area contributed by atoms with E-state index in [0.29, 0.717) is 6.42 Å². The molecule has 0 spiro atoms. The SMILES string of the molecule is N[C@H]1CC[C@@H](O)C[C@H]1CO. The molecule has 0 aromatic heterocycles. The van der Waals surface area contributed by atoms with E-state index in [4.69, 9.17) is 15.9 Å². The lowest BCUT2D eigenvalue weighted by Crippen LogP contribution is -2.39. The summed E-state index contributed by atoms with van der Waals surface area (Å²) in [5.74, 6) is 0.115. The van der Waals surface area contributed by atoms with Crippen LogP contribution in [0.1, 0.15) is 19.3 Å². The Hall–Kier alpha value is -0.120. The van der Waals surface area contributed by atoms with Gasteiger partial charge in [0.25, 0.3) is 0 Å². The zero-order valence-electron chi connectivity index (χ0n) is 6.03. The summed E-state index contributed by atoms with van der Waals surface area (Å²) in [6.07, 6.45) is 2.05. The third-order valence-electron chi connectivity index (χ3n) is 2.25. The predicted molar refractivity (Wildman–Crippen MR) is 38.4 cm³/mol. The van der Waals surface area contributed by atoms with Crippen molar-refractivity contribution in [1.29, 1.82) is 0 Å². The summed E-state index contributed by atoms with van der Waals surface area (Å²) in [6, 6.07) is 0.0911. The lowest BCUT2D eigenvalue weighted by atomic mass is 9.84. The van der Waals surface area contributed by atoms with E-state index in [1.54, 1.807) is 0 Å². The highest BCUT2D eigenvalue weighted by molar-refractivity contribution is 4.81. The second kappa shape index (κ2) is 3.32. The Balaban J connectivity index is 2.38. The minimum Gasteiger partial charge on any atom is -0.396 e. The van der Waals surface area contributed by atoms with Crippen molar-refractivity contribution in [3.05, 3.63) is 0 Å². The molecule has 1 aliphatic carbocycles. The fourth-order valence-corrected chi connectivity index (χ4v) is 1.47. The molecule has 60 valence electrons. The van der Waals surface area contributed by atoms with Crippen LogP contribution in [0, 0.1) is 5.92 Å². The maximum Gasteiger partial charge on any atom is 0.0545 e. The largest absolute Gasteiger partial charge is 0.396 e. The Kier molecular flexibility index (Phi) is 2.65. The third-order valence-corrected chi connectivity index (χ3v) is 2.25. The highest BCUT2D eigenvalue weighted by Gasteiger charge is 2.25. The lowest BCUT2D eigenvalue weighted by molar-refractivity contribution is 0.0641. The van der Waals surface area contributed by atoms with Crippen molar-refractivity contribution in [3.8, 4) is 0 Å².